The van der Waals surface area contributed by atoms with Gasteiger partial charge in [0, 0.05) is 49.9 Å². The molecule has 0 unspecified atom stereocenters. The molecule has 2 aromatic rings. The maximum Gasteiger partial charge on any atom is 0.207 e. The van der Waals surface area contributed by atoms with E-state index in [0.717, 1.165) is 36.5 Å². The van der Waals surface area contributed by atoms with Crippen molar-refractivity contribution in [3.05, 3.63) is 52.3 Å². The maximum absolute atomic E-state index is 12.3. The zero-order valence-electron chi connectivity index (χ0n) is 14.9. The molecule has 5 nitrogen and oxygen atoms in total. The van der Waals surface area contributed by atoms with Crippen LogP contribution in [0.3, 0.4) is 0 Å². The quantitative estimate of drug-likeness (QED) is 0.557. The van der Waals surface area contributed by atoms with Crippen LogP contribution >= 0.6 is 23.4 Å². The number of aromatic nitrogens is 2. The Labute approximate surface area is 163 Å². The summed E-state index contributed by atoms with van der Waals surface area (Å²) in [4.78, 5) is 14.7. The van der Waals surface area contributed by atoms with Gasteiger partial charge in [-0.15, -0.1) is 0 Å². The molecule has 0 radical (unpaired) electrons. The van der Waals surface area contributed by atoms with Gasteiger partial charge in [-0.25, -0.2) is 0 Å². The van der Waals surface area contributed by atoms with Gasteiger partial charge in [-0.2, -0.15) is 16.9 Å². The van der Waals surface area contributed by atoms with Crippen molar-refractivity contribution in [2.45, 2.75) is 6.54 Å². The predicted octanol–water partition coefficient (Wildman–Crippen LogP) is 3.53. The van der Waals surface area contributed by atoms with E-state index in [-0.39, 0.29) is 11.5 Å². The normalized spacial score (nSPS) is 15.5. The Morgan fingerprint density at radius 3 is 2.81 bits per heavy atom. The fourth-order valence-electron chi connectivity index (χ4n) is 2.90. The molecule has 1 aliphatic rings. The van der Waals surface area contributed by atoms with Gasteiger partial charge in [-0.05, 0) is 23.8 Å². The number of thioether (sulfide) groups is 1. The van der Waals surface area contributed by atoms with E-state index >= 15 is 0 Å². The monoisotopic (exact) mass is 391 g/mol. The Hall–Kier alpha value is -1.76. The van der Waals surface area contributed by atoms with Gasteiger partial charge in [-0.3, -0.25) is 14.4 Å². The van der Waals surface area contributed by atoms with E-state index in [0.29, 0.717) is 5.02 Å². The van der Waals surface area contributed by atoms with Crippen molar-refractivity contribution in [2.75, 3.05) is 31.7 Å². The lowest BCUT2D eigenvalue weighted by Gasteiger charge is -2.26. The average molecular weight is 392 g/mol. The minimum absolute atomic E-state index is 0.207. The Kier molecular flexibility index (Phi) is 6.40. The number of carbonyl (C=O) groups excluding carboxylic acids is 1. The van der Waals surface area contributed by atoms with Crippen molar-refractivity contribution in [2.24, 2.45) is 7.05 Å². The van der Waals surface area contributed by atoms with E-state index in [1.165, 1.54) is 22.3 Å². The van der Waals surface area contributed by atoms with E-state index in [1.807, 2.05) is 23.9 Å². The smallest absolute Gasteiger partial charge is 0.207 e. The molecular weight excluding hydrogens is 370 g/mol. The van der Waals surface area contributed by atoms with Crippen LogP contribution < -0.4 is 4.74 Å². The molecule has 0 N–H and O–H groups in total. The first kappa shape index (κ1) is 19.0. The Balaban J connectivity index is 1.76. The van der Waals surface area contributed by atoms with Gasteiger partial charge >= 0.3 is 0 Å². The number of hydrogen-bond acceptors (Lipinski definition) is 5. The van der Waals surface area contributed by atoms with Crippen molar-refractivity contribution >= 4 is 35.2 Å². The number of hydrogen-bond donors (Lipinski definition) is 0. The van der Waals surface area contributed by atoms with Crippen LogP contribution in [0.4, 0.5) is 0 Å². The van der Waals surface area contributed by atoms with Crippen molar-refractivity contribution in [1.82, 2.24) is 14.7 Å². The summed E-state index contributed by atoms with van der Waals surface area (Å²) >= 11 is 8.03. The topological polar surface area (TPSA) is 47.4 Å². The summed E-state index contributed by atoms with van der Waals surface area (Å²) in [6.07, 6.45) is 4.92. The summed E-state index contributed by atoms with van der Waals surface area (Å²) in [7, 11) is 3.42. The first-order valence-corrected chi connectivity index (χ1v) is 9.98. The van der Waals surface area contributed by atoms with Crippen molar-refractivity contribution < 1.29 is 9.53 Å². The fraction of sp³-hybridized carbons (Fsp3) is 0.368. The van der Waals surface area contributed by atoms with Crippen LogP contribution in [0, 0.1) is 0 Å². The van der Waals surface area contributed by atoms with Gasteiger partial charge in [0.15, 0.2) is 5.69 Å². The number of carbonyl (C=O) groups is 1. The Morgan fingerprint density at radius 1 is 1.38 bits per heavy atom. The second-order valence-corrected chi connectivity index (χ2v) is 7.79. The summed E-state index contributed by atoms with van der Waals surface area (Å²) in [5.41, 5.74) is 2.35. The molecule has 1 aromatic carbocycles. The molecule has 138 valence electrons. The molecule has 0 amide bonds. The van der Waals surface area contributed by atoms with Gasteiger partial charge in [-0.1, -0.05) is 23.7 Å². The number of methoxy groups -OCH3 is 1. The second-order valence-electron chi connectivity index (χ2n) is 6.16. The number of rotatable bonds is 6. The van der Waals surface area contributed by atoms with Crippen molar-refractivity contribution in [3.8, 4) is 5.75 Å². The third-order valence-corrected chi connectivity index (χ3v) is 5.47. The Bertz CT molecular complexity index is 813. The molecular formula is C19H22ClN3O2S. The molecule has 7 heteroatoms. The summed E-state index contributed by atoms with van der Waals surface area (Å²) in [5.74, 6) is 3.00. The van der Waals surface area contributed by atoms with Crippen LogP contribution in [0.25, 0.3) is 6.08 Å². The highest BCUT2D eigenvalue weighted by atomic mass is 35.5. The SMILES string of the molecule is COc1ccc(/C=C/C(=O)c2nn(C)cc2Cl)cc1CN1CCSCC1. The zero-order valence-corrected chi connectivity index (χ0v) is 16.5. The molecule has 26 heavy (non-hydrogen) atoms. The van der Waals surface area contributed by atoms with E-state index in [4.69, 9.17) is 16.3 Å². The predicted molar refractivity (Wildman–Crippen MR) is 107 cm³/mol. The highest BCUT2D eigenvalue weighted by molar-refractivity contribution is 7.99. The lowest BCUT2D eigenvalue weighted by atomic mass is 10.1. The van der Waals surface area contributed by atoms with Crippen LogP contribution in [0.2, 0.25) is 5.02 Å². The molecule has 0 aliphatic carbocycles. The van der Waals surface area contributed by atoms with Crippen LogP contribution in [0.1, 0.15) is 21.6 Å². The van der Waals surface area contributed by atoms with E-state index in [2.05, 4.69) is 16.1 Å². The third kappa shape index (κ3) is 4.69. The van der Waals surface area contributed by atoms with Crippen LogP contribution in [0.5, 0.6) is 5.75 Å². The zero-order chi connectivity index (χ0) is 18.5. The molecule has 1 aliphatic heterocycles. The summed E-state index contributed by atoms with van der Waals surface area (Å²) in [6, 6.07) is 5.97. The van der Waals surface area contributed by atoms with E-state index in [9.17, 15) is 4.79 Å². The van der Waals surface area contributed by atoms with Gasteiger partial charge in [0.25, 0.3) is 0 Å². The average Bonchev–Trinajstić information content (AvgIpc) is 2.99. The first-order valence-electron chi connectivity index (χ1n) is 8.45. The molecule has 0 saturated carbocycles. The number of benzene rings is 1. The summed E-state index contributed by atoms with van der Waals surface area (Å²) in [6.45, 7) is 3.03. The molecule has 2 heterocycles. The summed E-state index contributed by atoms with van der Waals surface area (Å²) < 4.78 is 7.04. The Morgan fingerprint density at radius 2 is 2.15 bits per heavy atom. The van der Waals surface area contributed by atoms with Gasteiger partial charge < -0.3 is 4.74 Å². The lowest BCUT2D eigenvalue weighted by molar-refractivity contribution is 0.104. The number of nitrogens with zero attached hydrogens (tertiary/aromatic N) is 3. The molecule has 0 atom stereocenters. The van der Waals surface area contributed by atoms with Crippen molar-refractivity contribution in [3.63, 3.8) is 0 Å². The maximum atomic E-state index is 12.3. The molecule has 3 rings (SSSR count). The van der Waals surface area contributed by atoms with Gasteiger partial charge in [0.05, 0.1) is 12.1 Å². The number of aryl methyl sites for hydroxylation is 1. The van der Waals surface area contributed by atoms with Gasteiger partial charge in [0.2, 0.25) is 5.78 Å². The molecule has 1 fully saturated rings. The van der Waals surface area contributed by atoms with Crippen LogP contribution in [-0.2, 0) is 13.6 Å². The lowest BCUT2D eigenvalue weighted by Crippen LogP contribution is -2.32. The van der Waals surface area contributed by atoms with Crippen molar-refractivity contribution in [1.29, 1.82) is 0 Å². The minimum atomic E-state index is -0.207. The third-order valence-electron chi connectivity index (χ3n) is 4.25. The minimum Gasteiger partial charge on any atom is -0.496 e. The number of halogens is 1. The fourth-order valence-corrected chi connectivity index (χ4v) is 4.15. The molecule has 1 saturated heterocycles. The molecule has 1 aromatic heterocycles. The number of ketones is 1. The number of ether oxygens (including phenoxy) is 1. The standard InChI is InChI=1S/C19H22ClN3O2S/c1-22-13-16(20)19(21-22)17(24)5-3-14-4-6-18(25-2)15(11-14)12-23-7-9-26-10-8-23/h3-6,11,13H,7-10,12H2,1-2H3/b5-3+. The van der Waals surface area contributed by atoms with E-state index < -0.39 is 0 Å². The summed E-state index contributed by atoms with van der Waals surface area (Å²) in [5, 5.41) is 4.46. The van der Waals surface area contributed by atoms with Gasteiger partial charge in [0.1, 0.15) is 5.75 Å². The van der Waals surface area contributed by atoms with E-state index in [1.54, 1.807) is 26.4 Å². The highest BCUT2D eigenvalue weighted by Crippen LogP contribution is 2.24. The largest absolute Gasteiger partial charge is 0.496 e. The molecule has 0 spiro atoms. The number of allylic oxidation sites excluding steroid dienone is 1. The van der Waals surface area contributed by atoms with Crippen LogP contribution in [0.15, 0.2) is 30.5 Å². The highest BCUT2D eigenvalue weighted by Gasteiger charge is 2.14. The molecule has 0 bridgehead atoms. The second kappa shape index (κ2) is 8.75. The first-order chi connectivity index (χ1) is 12.6. The van der Waals surface area contributed by atoms with Crippen LogP contribution in [-0.4, -0.2) is 52.2 Å².